The maximum Gasteiger partial charge on any atom is 0.242 e. The van der Waals surface area contributed by atoms with Crippen LogP contribution in [0.2, 0.25) is 0 Å². The molecule has 0 saturated carbocycles. The first kappa shape index (κ1) is 15.3. The third-order valence-electron chi connectivity index (χ3n) is 5.00. The SMILES string of the molecule is CC1CCN(N(N2CCC(C)C2=O)N2CCC(C)C2=O)C1=O. The molecule has 3 heterocycles. The molecular weight excluding hydrogens is 284 g/mol. The van der Waals surface area contributed by atoms with Crippen LogP contribution in [0.5, 0.6) is 0 Å². The number of hydrogen-bond acceptors (Lipinski definition) is 4. The van der Waals surface area contributed by atoms with E-state index in [0.717, 1.165) is 19.3 Å². The van der Waals surface area contributed by atoms with Crippen molar-refractivity contribution in [1.82, 2.24) is 20.3 Å². The molecule has 0 aromatic rings. The summed E-state index contributed by atoms with van der Waals surface area (Å²) < 4.78 is 0. The van der Waals surface area contributed by atoms with Gasteiger partial charge in [-0.3, -0.25) is 14.4 Å². The van der Waals surface area contributed by atoms with Gasteiger partial charge in [0.1, 0.15) is 0 Å². The van der Waals surface area contributed by atoms with E-state index in [9.17, 15) is 14.4 Å². The Labute approximate surface area is 130 Å². The highest BCUT2D eigenvalue weighted by molar-refractivity contribution is 5.84. The van der Waals surface area contributed by atoms with Crippen LogP contribution in [0, 0.1) is 17.8 Å². The van der Waals surface area contributed by atoms with Gasteiger partial charge >= 0.3 is 0 Å². The molecule has 3 amide bonds. The van der Waals surface area contributed by atoms with Gasteiger partial charge in [0.05, 0.1) is 0 Å². The lowest BCUT2D eigenvalue weighted by molar-refractivity contribution is -0.267. The molecule has 3 rings (SSSR count). The number of carbonyl (C=O) groups excluding carboxylic acids is 3. The smallest absolute Gasteiger partial charge is 0.242 e. The zero-order valence-electron chi connectivity index (χ0n) is 13.5. The Kier molecular flexibility index (Phi) is 3.84. The second-order valence-electron chi connectivity index (χ2n) is 6.72. The summed E-state index contributed by atoms with van der Waals surface area (Å²) in [4.78, 5) is 37.3. The van der Waals surface area contributed by atoms with Gasteiger partial charge in [-0.15, -0.1) is 0 Å². The Morgan fingerprint density at radius 2 is 0.955 bits per heavy atom. The summed E-state index contributed by atoms with van der Waals surface area (Å²) in [6.45, 7) is 7.33. The molecule has 0 N–H and O–H groups in total. The van der Waals surface area contributed by atoms with Crippen molar-refractivity contribution in [3.63, 3.8) is 0 Å². The Balaban J connectivity index is 1.91. The number of hydrazine groups is 3. The molecule has 0 spiro atoms. The average molecular weight is 308 g/mol. The van der Waals surface area contributed by atoms with Crippen molar-refractivity contribution in [3.05, 3.63) is 0 Å². The van der Waals surface area contributed by atoms with Gasteiger partial charge in [0, 0.05) is 37.4 Å². The number of amides is 3. The number of rotatable bonds is 3. The van der Waals surface area contributed by atoms with Crippen molar-refractivity contribution in [1.29, 1.82) is 0 Å². The number of carbonyl (C=O) groups is 3. The van der Waals surface area contributed by atoms with E-state index >= 15 is 0 Å². The van der Waals surface area contributed by atoms with Crippen molar-refractivity contribution in [2.24, 2.45) is 17.8 Å². The third kappa shape index (κ3) is 2.27. The van der Waals surface area contributed by atoms with Gasteiger partial charge in [-0.05, 0) is 24.5 Å². The summed E-state index contributed by atoms with van der Waals surface area (Å²) in [5.41, 5.74) is 0. The highest BCUT2D eigenvalue weighted by Crippen LogP contribution is 2.30. The van der Waals surface area contributed by atoms with Crippen molar-refractivity contribution in [2.75, 3.05) is 19.6 Å². The van der Waals surface area contributed by atoms with E-state index in [2.05, 4.69) is 0 Å². The van der Waals surface area contributed by atoms with Crippen LogP contribution in [0.3, 0.4) is 0 Å². The Morgan fingerprint density at radius 1 is 0.682 bits per heavy atom. The minimum absolute atomic E-state index is 0.0142. The summed E-state index contributed by atoms with van der Waals surface area (Å²) in [6, 6.07) is 0. The lowest BCUT2D eigenvalue weighted by Crippen LogP contribution is -2.63. The highest BCUT2D eigenvalue weighted by Gasteiger charge is 2.46. The largest absolute Gasteiger partial charge is 0.273 e. The predicted molar refractivity (Wildman–Crippen MR) is 78.3 cm³/mol. The quantitative estimate of drug-likeness (QED) is 0.767. The first-order valence-electron chi connectivity index (χ1n) is 8.15. The second kappa shape index (κ2) is 5.53. The van der Waals surface area contributed by atoms with Crippen molar-refractivity contribution in [3.8, 4) is 0 Å². The lowest BCUT2D eigenvalue weighted by atomic mass is 10.1. The van der Waals surface area contributed by atoms with Crippen LogP contribution in [0.15, 0.2) is 0 Å². The fourth-order valence-corrected chi connectivity index (χ4v) is 3.34. The van der Waals surface area contributed by atoms with E-state index in [1.807, 2.05) is 20.8 Å². The molecule has 7 heteroatoms. The van der Waals surface area contributed by atoms with Crippen LogP contribution >= 0.6 is 0 Å². The van der Waals surface area contributed by atoms with Gasteiger partial charge in [-0.25, -0.2) is 15.0 Å². The van der Waals surface area contributed by atoms with Crippen LogP contribution in [0.4, 0.5) is 0 Å². The van der Waals surface area contributed by atoms with Crippen LogP contribution in [0.25, 0.3) is 0 Å². The van der Waals surface area contributed by atoms with Gasteiger partial charge in [-0.1, -0.05) is 20.8 Å². The van der Waals surface area contributed by atoms with E-state index in [1.165, 1.54) is 0 Å². The van der Waals surface area contributed by atoms with Crippen LogP contribution in [0.1, 0.15) is 40.0 Å². The molecule has 7 nitrogen and oxygen atoms in total. The summed E-state index contributed by atoms with van der Waals surface area (Å²) in [5, 5.41) is 6.30. The van der Waals surface area contributed by atoms with Gasteiger partial charge in [0.25, 0.3) is 0 Å². The van der Waals surface area contributed by atoms with Crippen LogP contribution < -0.4 is 0 Å². The van der Waals surface area contributed by atoms with Crippen LogP contribution in [-0.2, 0) is 14.4 Å². The Hall–Kier alpha value is -1.63. The zero-order chi connectivity index (χ0) is 16.0. The second-order valence-corrected chi connectivity index (χ2v) is 6.72. The van der Waals surface area contributed by atoms with E-state index in [-0.39, 0.29) is 35.5 Å². The van der Waals surface area contributed by atoms with Gasteiger partial charge in [0.15, 0.2) is 0 Å². The number of hydrogen-bond donors (Lipinski definition) is 0. The maximum absolute atomic E-state index is 12.4. The fourth-order valence-electron chi connectivity index (χ4n) is 3.34. The molecule has 0 aliphatic carbocycles. The Morgan fingerprint density at radius 3 is 1.14 bits per heavy atom. The molecule has 122 valence electrons. The first-order valence-corrected chi connectivity index (χ1v) is 8.15. The minimum Gasteiger partial charge on any atom is -0.273 e. The molecule has 3 unspecified atom stereocenters. The molecule has 3 aliphatic heterocycles. The summed E-state index contributed by atoms with van der Waals surface area (Å²) in [6.07, 6.45) is 2.26. The van der Waals surface area contributed by atoms with Crippen molar-refractivity contribution < 1.29 is 14.4 Å². The lowest BCUT2D eigenvalue weighted by Gasteiger charge is -2.42. The molecule has 3 aliphatic rings. The maximum atomic E-state index is 12.4. The van der Waals surface area contributed by atoms with E-state index in [4.69, 9.17) is 0 Å². The molecule has 0 bridgehead atoms. The summed E-state index contributed by atoms with van der Waals surface area (Å²) >= 11 is 0. The average Bonchev–Trinajstić information content (AvgIpc) is 3.10. The molecular formula is C15H24N4O3. The van der Waals surface area contributed by atoms with E-state index in [1.54, 1.807) is 20.3 Å². The van der Waals surface area contributed by atoms with Gasteiger partial charge < -0.3 is 0 Å². The van der Waals surface area contributed by atoms with E-state index < -0.39 is 0 Å². The molecule has 22 heavy (non-hydrogen) atoms. The summed E-state index contributed by atoms with van der Waals surface area (Å²) in [7, 11) is 0. The zero-order valence-corrected chi connectivity index (χ0v) is 13.5. The molecule has 3 saturated heterocycles. The molecule has 3 fully saturated rings. The number of nitrogens with zero attached hydrogens (tertiary/aromatic N) is 4. The Bertz CT molecular complexity index is 438. The molecule has 0 radical (unpaired) electrons. The monoisotopic (exact) mass is 308 g/mol. The third-order valence-corrected chi connectivity index (χ3v) is 5.00. The van der Waals surface area contributed by atoms with Crippen LogP contribution in [-0.4, -0.2) is 57.6 Å². The molecule has 3 atom stereocenters. The van der Waals surface area contributed by atoms with E-state index in [0.29, 0.717) is 19.6 Å². The van der Waals surface area contributed by atoms with Gasteiger partial charge in [0.2, 0.25) is 17.7 Å². The minimum atomic E-state index is -0.0623. The normalized spacial score (nSPS) is 33.0. The highest BCUT2D eigenvalue weighted by atomic mass is 16.2. The summed E-state index contributed by atoms with van der Waals surface area (Å²) in [5.74, 6) is -0.229. The predicted octanol–water partition coefficient (Wildman–Crippen LogP) is 0.639. The van der Waals surface area contributed by atoms with Gasteiger partial charge in [-0.2, -0.15) is 0 Å². The van der Waals surface area contributed by atoms with Crippen molar-refractivity contribution in [2.45, 2.75) is 40.0 Å². The standard InChI is InChI=1S/C15H24N4O3/c1-10-4-7-16(13(10)20)19(17-8-5-11(2)14(17)21)18-9-6-12(3)15(18)22/h10-12H,4-9H2,1-3H3. The fraction of sp³-hybridized carbons (Fsp3) is 0.800. The molecule has 0 aromatic carbocycles. The molecule has 0 aromatic heterocycles. The topological polar surface area (TPSA) is 64.2 Å². The first-order chi connectivity index (χ1) is 10.4. The van der Waals surface area contributed by atoms with Crippen molar-refractivity contribution >= 4 is 17.7 Å².